The Labute approximate surface area is 97.8 Å². The Balaban J connectivity index is 2.22. The van der Waals surface area contributed by atoms with Crippen molar-refractivity contribution in [2.24, 2.45) is 0 Å². The summed E-state index contributed by atoms with van der Waals surface area (Å²) in [5, 5.41) is 0. The van der Waals surface area contributed by atoms with E-state index in [2.05, 4.69) is 0 Å². The Morgan fingerprint density at radius 3 is 2.65 bits per heavy atom. The summed E-state index contributed by atoms with van der Waals surface area (Å²) in [4.78, 5) is 11.6. The first-order valence-electron chi connectivity index (χ1n) is 5.24. The number of benzene rings is 1. The Kier molecular flexibility index (Phi) is 2.14. The highest BCUT2D eigenvalue weighted by atomic mass is 16.7. The predicted molar refractivity (Wildman–Crippen MR) is 60.3 cm³/mol. The molecule has 0 fully saturated rings. The van der Waals surface area contributed by atoms with Crippen molar-refractivity contribution >= 4 is 5.78 Å². The summed E-state index contributed by atoms with van der Waals surface area (Å²) in [5.74, 6) is 1.86. The van der Waals surface area contributed by atoms with Crippen molar-refractivity contribution in [2.75, 3.05) is 6.79 Å². The largest absolute Gasteiger partial charge is 0.464 e. The van der Waals surface area contributed by atoms with Crippen LogP contribution < -0.4 is 9.47 Å². The van der Waals surface area contributed by atoms with E-state index < -0.39 is 0 Å². The Bertz CT molecular complexity index is 569. The average molecular weight is 230 g/mol. The lowest BCUT2D eigenvalue weighted by Gasteiger charge is -2.06. The Hall–Kier alpha value is -2.23. The average Bonchev–Trinajstić information content (AvgIpc) is 2.98. The molecule has 2 heterocycles. The molecule has 1 aromatic carbocycles. The van der Waals surface area contributed by atoms with Crippen LogP contribution in [0.5, 0.6) is 11.5 Å². The number of Topliss-reactive ketones (excluding diaryl/α,β-unsaturated/α-hetero) is 1. The fourth-order valence-corrected chi connectivity index (χ4v) is 1.87. The van der Waals surface area contributed by atoms with E-state index in [1.54, 1.807) is 24.5 Å². The third-order valence-electron chi connectivity index (χ3n) is 2.68. The molecule has 4 heteroatoms. The molecule has 0 unspecified atom stereocenters. The molecule has 0 N–H and O–H groups in total. The summed E-state index contributed by atoms with van der Waals surface area (Å²) < 4.78 is 15.9. The van der Waals surface area contributed by atoms with E-state index in [1.807, 2.05) is 6.07 Å². The number of carbonyl (C=O) groups is 1. The van der Waals surface area contributed by atoms with Crippen LogP contribution in [0.25, 0.3) is 11.3 Å². The number of rotatable bonds is 2. The second-order valence-electron chi connectivity index (χ2n) is 3.78. The van der Waals surface area contributed by atoms with Crippen LogP contribution in [0.1, 0.15) is 17.3 Å². The van der Waals surface area contributed by atoms with E-state index in [0.29, 0.717) is 22.8 Å². The van der Waals surface area contributed by atoms with Crippen LogP contribution >= 0.6 is 0 Å². The van der Waals surface area contributed by atoms with E-state index in [0.717, 1.165) is 5.56 Å². The minimum atomic E-state index is -0.0327. The molecule has 0 radical (unpaired) electrons. The van der Waals surface area contributed by atoms with E-state index in [1.165, 1.54) is 6.92 Å². The van der Waals surface area contributed by atoms with Crippen LogP contribution in [-0.4, -0.2) is 12.6 Å². The standard InChI is InChI=1S/C13H10O4/c1-8(14)9-5-12-13(17-7-16-12)6-10(9)11-3-2-4-15-11/h2-6H,7H2,1H3. The molecule has 1 aliphatic rings. The van der Waals surface area contributed by atoms with E-state index >= 15 is 0 Å². The van der Waals surface area contributed by atoms with Crippen molar-refractivity contribution < 1.29 is 18.7 Å². The monoisotopic (exact) mass is 230 g/mol. The predicted octanol–water partition coefficient (Wildman–Crippen LogP) is 2.88. The highest BCUT2D eigenvalue weighted by Crippen LogP contribution is 2.38. The first-order chi connectivity index (χ1) is 8.25. The Morgan fingerprint density at radius 2 is 2.00 bits per heavy atom. The van der Waals surface area contributed by atoms with Crippen molar-refractivity contribution in [1.82, 2.24) is 0 Å². The number of hydrogen-bond acceptors (Lipinski definition) is 4. The molecular weight excluding hydrogens is 220 g/mol. The molecule has 17 heavy (non-hydrogen) atoms. The van der Waals surface area contributed by atoms with E-state index in [-0.39, 0.29) is 12.6 Å². The topological polar surface area (TPSA) is 48.7 Å². The number of ketones is 1. The molecular formula is C13H10O4. The lowest BCUT2D eigenvalue weighted by atomic mass is 10.0. The SMILES string of the molecule is CC(=O)c1cc2c(cc1-c1ccco1)OCO2. The van der Waals surface area contributed by atoms with Crippen LogP contribution in [0, 0.1) is 0 Å². The molecule has 1 aliphatic heterocycles. The van der Waals surface area contributed by atoms with Gasteiger partial charge in [0, 0.05) is 11.1 Å². The lowest BCUT2D eigenvalue weighted by Crippen LogP contribution is -1.96. The summed E-state index contributed by atoms with van der Waals surface area (Å²) in [6.07, 6.45) is 1.57. The third-order valence-corrected chi connectivity index (χ3v) is 2.68. The summed E-state index contributed by atoms with van der Waals surface area (Å²) >= 11 is 0. The van der Waals surface area contributed by atoms with Gasteiger partial charge in [0.2, 0.25) is 6.79 Å². The van der Waals surface area contributed by atoms with Gasteiger partial charge in [0.15, 0.2) is 17.3 Å². The summed E-state index contributed by atoms with van der Waals surface area (Å²) in [6.45, 7) is 1.71. The maximum Gasteiger partial charge on any atom is 0.231 e. The zero-order valence-corrected chi connectivity index (χ0v) is 9.23. The van der Waals surface area contributed by atoms with Crippen LogP contribution in [0.15, 0.2) is 34.9 Å². The van der Waals surface area contributed by atoms with Crippen molar-refractivity contribution in [2.45, 2.75) is 6.92 Å². The summed E-state index contributed by atoms with van der Waals surface area (Å²) in [7, 11) is 0. The van der Waals surface area contributed by atoms with Gasteiger partial charge < -0.3 is 13.9 Å². The molecule has 0 bridgehead atoms. The fourth-order valence-electron chi connectivity index (χ4n) is 1.87. The maximum atomic E-state index is 11.6. The molecule has 0 saturated heterocycles. The van der Waals surface area contributed by atoms with Gasteiger partial charge in [-0.05, 0) is 31.2 Å². The van der Waals surface area contributed by atoms with Gasteiger partial charge in [-0.2, -0.15) is 0 Å². The number of furan rings is 1. The first kappa shape index (κ1) is 9.96. The van der Waals surface area contributed by atoms with Gasteiger partial charge in [-0.3, -0.25) is 4.79 Å². The first-order valence-corrected chi connectivity index (χ1v) is 5.24. The van der Waals surface area contributed by atoms with Gasteiger partial charge in [-0.15, -0.1) is 0 Å². The maximum absolute atomic E-state index is 11.6. The van der Waals surface area contributed by atoms with Crippen molar-refractivity contribution in [3.8, 4) is 22.8 Å². The van der Waals surface area contributed by atoms with Crippen LogP contribution in [0.2, 0.25) is 0 Å². The quantitative estimate of drug-likeness (QED) is 0.744. The number of fused-ring (bicyclic) bond motifs is 1. The second kappa shape index (κ2) is 3.66. The smallest absolute Gasteiger partial charge is 0.231 e. The Morgan fingerprint density at radius 1 is 1.24 bits per heavy atom. The van der Waals surface area contributed by atoms with Gasteiger partial charge in [0.25, 0.3) is 0 Å². The van der Waals surface area contributed by atoms with Gasteiger partial charge >= 0.3 is 0 Å². The fraction of sp³-hybridized carbons (Fsp3) is 0.154. The van der Waals surface area contributed by atoms with Gasteiger partial charge in [-0.25, -0.2) is 0 Å². The van der Waals surface area contributed by atoms with Crippen molar-refractivity contribution in [3.05, 3.63) is 36.1 Å². The molecule has 2 aromatic rings. The molecule has 1 aromatic heterocycles. The molecule has 0 aliphatic carbocycles. The number of ether oxygens (including phenoxy) is 2. The van der Waals surface area contributed by atoms with Crippen molar-refractivity contribution in [1.29, 1.82) is 0 Å². The molecule has 3 rings (SSSR count). The molecule has 0 amide bonds. The lowest BCUT2D eigenvalue weighted by molar-refractivity contribution is 0.101. The van der Waals surface area contributed by atoms with E-state index in [4.69, 9.17) is 13.9 Å². The zero-order chi connectivity index (χ0) is 11.8. The van der Waals surface area contributed by atoms with Crippen molar-refractivity contribution in [3.63, 3.8) is 0 Å². The highest BCUT2D eigenvalue weighted by Gasteiger charge is 2.20. The molecule has 4 nitrogen and oxygen atoms in total. The molecule has 0 spiro atoms. The van der Waals surface area contributed by atoms with E-state index in [9.17, 15) is 4.79 Å². The minimum Gasteiger partial charge on any atom is -0.464 e. The van der Waals surface area contributed by atoms with Crippen LogP contribution in [-0.2, 0) is 0 Å². The molecule has 0 saturated carbocycles. The van der Waals surface area contributed by atoms with Gasteiger partial charge in [0.1, 0.15) is 5.76 Å². The zero-order valence-electron chi connectivity index (χ0n) is 9.23. The third kappa shape index (κ3) is 1.58. The molecule has 86 valence electrons. The molecule has 0 atom stereocenters. The second-order valence-corrected chi connectivity index (χ2v) is 3.78. The van der Waals surface area contributed by atoms with Gasteiger partial charge in [0.05, 0.1) is 6.26 Å². The number of carbonyl (C=O) groups excluding carboxylic acids is 1. The highest BCUT2D eigenvalue weighted by molar-refractivity contribution is 6.01. The van der Waals surface area contributed by atoms with Crippen LogP contribution in [0.4, 0.5) is 0 Å². The van der Waals surface area contributed by atoms with Crippen LogP contribution in [0.3, 0.4) is 0 Å². The number of hydrogen-bond donors (Lipinski definition) is 0. The minimum absolute atomic E-state index is 0.0327. The summed E-state index contributed by atoms with van der Waals surface area (Å²) in [6, 6.07) is 7.06. The summed E-state index contributed by atoms with van der Waals surface area (Å²) in [5.41, 5.74) is 1.30. The normalized spacial score (nSPS) is 12.8. The van der Waals surface area contributed by atoms with Gasteiger partial charge in [-0.1, -0.05) is 0 Å².